The molecule has 3 N–H and O–H groups in total. The Labute approximate surface area is 228 Å². The van der Waals surface area contributed by atoms with Crippen molar-refractivity contribution in [2.45, 2.75) is 52.4 Å². The highest BCUT2D eigenvalue weighted by atomic mass is 35.5. The lowest BCUT2D eigenvalue weighted by Crippen LogP contribution is -2.45. The molecule has 0 unspecified atom stereocenters. The quantitative estimate of drug-likeness (QED) is 0.273. The Bertz CT molecular complexity index is 1250. The number of nitrogen functional groups attached to an aromatic ring is 1. The largest absolute Gasteiger partial charge is 0.445 e. The molecule has 1 amide bonds. The van der Waals surface area contributed by atoms with Crippen LogP contribution >= 0.6 is 11.6 Å². The Morgan fingerprint density at radius 3 is 2.66 bits per heavy atom. The maximum atomic E-state index is 12.4. The van der Waals surface area contributed by atoms with Crippen molar-refractivity contribution in [1.29, 1.82) is 0 Å². The minimum absolute atomic E-state index is 0.00645. The van der Waals surface area contributed by atoms with E-state index >= 15 is 0 Å². The van der Waals surface area contributed by atoms with Gasteiger partial charge >= 0.3 is 6.09 Å². The van der Waals surface area contributed by atoms with Crippen molar-refractivity contribution in [2.24, 2.45) is 5.16 Å². The third kappa shape index (κ3) is 7.16. The first-order chi connectivity index (χ1) is 18.3. The fraction of sp³-hybridized carbons (Fsp3) is 0.345. The number of aryl methyl sites for hydroxylation is 1. The topological polar surface area (TPSA) is 102 Å². The summed E-state index contributed by atoms with van der Waals surface area (Å²) in [7, 11) is 0. The summed E-state index contributed by atoms with van der Waals surface area (Å²) in [5.74, 6) is 0.364. The van der Waals surface area contributed by atoms with Crippen LogP contribution in [0.5, 0.6) is 0 Å². The van der Waals surface area contributed by atoms with E-state index < -0.39 is 6.09 Å². The van der Waals surface area contributed by atoms with Crippen LogP contribution in [-0.2, 0) is 16.2 Å². The Hall–Kier alpha value is -3.78. The molecule has 0 saturated carbocycles. The van der Waals surface area contributed by atoms with E-state index in [0.29, 0.717) is 29.5 Å². The number of nitrogens with two attached hydrogens (primary N) is 1. The highest BCUT2D eigenvalue weighted by Crippen LogP contribution is 2.38. The number of piperidine rings is 1. The van der Waals surface area contributed by atoms with Gasteiger partial charge < -0.3 is 25.5 Å². The van der Waals surface area contributed by atoms with E-state index in [9.17, 15) is 4.79 Å². The summed E-state index contributed by atoms with van der Waals surface area (Å²) in [6.07, 6.45) is 4.43. The Kier molecular flexibility index (Phi) is 9.07. The SMILES string of the molecule is Cc1cc(Cl)cc(-c2cnc(N)c(/C=N/OC(C)C)c2N2CCC(NC(=O)OCc3ccccc3)CC2)c1. The van der Waals surface area contributed by atoms with Crippen LogP contribution in [0, 0.1) is 6.92 Å². The van der Waals surface area contributed by atoms with Crippen LogP contribution in [0.3, 0.4) is 0 Å². The van der Waals surface area contributed by atoms with E-state index in [1.54, 1.807) is 12.4 Å². The monoisotopic (exact) mass is 535 g/mol. The Balaban J connectivity index is 1.53. The van der Waals surface area contributed by atoms with Crippen molar-refractivity contribution in [3.05, 3.63) is 76.4 Å². The number of nitrogens with one attached hydrogen (secondary N) is 1. The number of hydrogen-bond acceptors (Lipinski definition) is 7. The number of nitrogens with zero attached hydrogens (tertiary/aromatic N) is 3. The molecule has 0 aliphatic carbocycles. The number of ether oxygens (including phenoxy) is 1. The number of oxime groups is 1. The summed E-state index contributed by atoms with van der Waals surface area (Å²) in [4.78, 5) is 24.5. The lowest BCUT2D eigenvalue weighted by atomic mass is 9.97. The summed E-state index contributed by atoms with van der Waals surface area (Å²) in [5, 5.41) is 7.81. The third-order valence-electron chi connectivity index (χ3n) is 6.27. The van der Waals surface area contributed by atoms with Gasteiger partial charge in [-0.3, -0.25) is 0 Å². The molecule has 9 heteroatoms. The highest BCUT2D eigenvalue weighted by Gasteiger charge is 2.26. The molecule has 1 fully saturated rings. The van der Waals surface area contributed by atoms with Crippen LogP contribution in [0.1, 0.15) is 43.4 Å². The molecular formula is C29H34ClN5O3. The Morgan fingerprint density at radius 1 is 1.24 bits per heavy atom. The summed E-state index contributed by atoms with van der Waals surface area (Å²) in [6.45, 7) is 7.47. The molecule has 1 aromatic heterocycles. The molecule has 200 valence electrons. The zero-order chi connectivity index (χ0) is 27.1. The van der Waals surface area contributed by atoms with Crippen LogP contribution in [0.4, 0.5) is 16.3 Å². The van der Waals surface area contributed by atoms with Gasteiger partial charge in [0.25, 0.3) is 0 Å². The van der Waals surface area contributed by atoms with Gasteiger partial charge in [-0.2, -0.15) is 0 Å². The van der Waals surface area contributed by atoms with Gasteiger partial charge in [-0.1, -0.05) is 53.2 Å². The van der Waals surface area contributed by atoms with E-state index in [1.807, 2.05) is 63.2 Å². The summed E-state index contributed by atoms with van der Waals surface area (Å²) < 4.78 is 5.41. The molecule has 8 nitrogen and oxygen atoms in total. The van der Waals surface area contributed by atoms with Gasteiger partial charge in [0.05, 0.1) is 17.5 Å². The molecule has 1 aliphatic heterocycles. The second kappa shape index (κ2) is 12.6. The standard InChI is InChI=1S/C29H34ClN5O3/c1-19(2)38-33-17-26-27(25(16-32-28(26)31)22-13-20(3)14-23(30)15-22)35-11-9-24(10-12-35)34-29(36)37-18-21-7-5-4-6-8-21/h4-8,13-17,19,24H,9-12,18H2,1-3H3,(H2,31,32)(H,34,36)/b33-17+. The number of anilines is 2. The molecule has 0 atom stereocenters. The van der Waals surface area contributed by atoms with Crippen molar-refractivity contribution in [3.8, 4) is 11.1 Å². The number of carbonyl (C=O) groups is 1. The number of rotatable bonds is 8. The lowest BCUT2D eigenvalue weighted by molar-refractivity contribution is 0.0874. The predicted molar refractivity (Wildman–Crippen MR) is 153 cm³/mol. The van der Waals surface area contributed by atoms with Gasteiger partial charge in [0.15, 0.2) is 0 Å². The fourth-order valence-electron chi connectivity index (χ4n) is 4.49. The zero-order valence-corrected chi connectivity index (χ0v) is 22.7. The van der Waals surface area contributed by atoms with E-state index in [1.165, 1.54) is 0 Å². The number of benzene rings is 2. The summed E-state index contributed by atoms with van der Waals surface area (Å²) in [5.41, 5.74) is 11.8. The van der Waals surface area contributed by atoms with E-state index in [2.05, 4.69) is 26.4 Å². The first kappa shape index (κ1) is 27.3. The fourth-order valence-corrected chi connectivity index (χ4v) is 4.78. The molecule has 0 bridgehead atoms. The number of halogens is 1. The molecule has 1 saturated heterocycles. The van der Waals surface area contributed by atoms with E-state index in [0.717, 1.165) is 40.8 Å². The van der Waals surface area contributed by atoms with Crippen LogP contribution in [0.15, 0.2) is 59.9 Å². The third-order valence-corrected chi connectivity index (χ3v) is 6.49. The minimum atomic E-state index is -0.408. The van der Waals surface area contributed by atoms with Gasteiger partial charge in [-0.15, -0.1) is 0 Å². The number of pyridine rings is 1. The first-order valence-electron chi connectivity index (χ1n) is 12.8. The minimum Gasteiger partial charge on any atom is -0.445 e. The molecular weight excluding hydrogens is 502 g/mol. The molecule has 2 aromatic carbocycles. The van der Waals surface area contributed by atoms with Gasteiger partial charge in [-0.25, -0.2) is 9.78 Å². The molecule has 3 aromatic rings. The van der Waals surface area contributed by atoms with Crippen molar-refractivity contribution in [3.63, 3.8) is 0 Å². The number of carbonyl (C=O) groups excluding carboxylic acids is 1. The first-order valence-corrected chi connectivity index (χ1v) is 13.2. The van der Waals surface area contributed by atoms with Crippen LogP contribution < -0.4 is 16.0 Å². The van der Waals surface area contributed by atoms with Gasteiger partial charge in [-0.05, 0) is 62.4 Å². The molecule has 0 radical (unpaired) electrons. The Morgan fingerprint density at radius 2 is 1.97 bits per heavy atom. The van der Waals surface area contributed by atoms with Crippen molar-refractivity contribution in [1.82, 2.24) is 10.3 Å². The van der Waals surface area contributed by atoms with E-state index in [-0.39, 0.29) is 18.8 Å². The predicted octanol–water partition coefficient (Wildman–Crippen LogP) is 5.95. The van der Waals surface area contributed by atoms with Crippen LogP contribution in [-0.4, -0.2) is 42.5 Å². The number of amides is 1. The summed E-state index contributed by atoms with van der Waals surface area (Å²) >= 11 is 6.40. The molecule has 38 heavy (non-hydrogen) atoms. The van der Waals surface area contributed by atoms with Crippen molar-refractivity contribution >= 4 is 35.4 Å². The normalized spacial score (nSPS) is 14.2. The van der Waals surface area contributed by atoms with Crippen LogP contribution in [0.25, 0.3) is 11.1 Å². The molecule has 0 spiro atoms. The average molecular weight is 536 g/mol. The lowest BCUT2D eigenvalue weighted by Gasteiger charge is -2.36. The van der Waals surface area contributed by atoms with Gasteiger partial charge in [0, 0.05) is 35.9 Å². The maximum absolute atomic E-state index is 12.4. The van der Waals surface area contributed by atoms with Crippen molar-refractivity contribution < 1.29 is 14.4 Å². The maximum Gasteiger partial charge on any atom is 0.407 e. The van der Waals surface area contributed by atoms with Gasteiger partial charge in [0.1, 0.15) is 18.5 Å². The zero-order valence-electron chi connectivity index (χ0n) is 22.0. The second-order valence-corrected chi connectivity index (χ2v) is 10.1. The smallest absolute Gasteiger partial charge is 0.407 e. The second-order valence-electron chi connectivity index (χ2n) is 9.69. The summed E-state index contributed by atoms with van der Waals surface area (Å²) in [6, 6.07) is 15.6. The van der Waals surface area contributed by atoms with E-state index in [4.69, 9.17) is 26.9 Å². The highest BCUT2D eigenvalue weighted by molar-refractivity contribution is 6.31. The van der Waals surface area contributed by atoms with Crippen LogP contribution in [0.2, 0.25) is 5.02 Å². The number of hydrogen-bond donors (Lipinski definition) is 2. The molecule has 2 heterocycles. The number of aromatic nitrogens is 1. The average Bonchev–Trinajstić information content (AvgIpc) is 2.89. The molecule has 4 rings (SSSR count). The van der Waals surface area contributed by atoms with Gasteiger partial charge in [0.2, 0.25) is 0 Å². The van der Waals surface area contributed by atoms with Crippen molar-refractivity contribution in [2.75, 3.05) is 23.7 Å². The number of alkyl carbamates (subject to hydrolysis) is 1. The molecule has 1 aliphatic rings.